The number of nitrogens with zero attached hydrogens (tertiary/aromatic N) is 4. The standard InChI is InChI=1S/C28H30FN5O9/c1-3-28(13-39-23(35)16-9-27(10-16)7-5-4-6-8-27)20(43-25(36)38-12-18-15(2)41-26(37)42-18)17(11-40-28)34-14-31-19-21(30)32-24(29)33-22(19)34/h1,14,16-17,20H,4-13H2,2H3,(H2,30,32,33)/t17?,20-,28+/m0/s1. The molecule has 0 bridgehead atoms. The van der Waals surface area contributed by atoms with Gasteiger partial charge in [-0.2, -0.15) is 14.4 Å². The number of hydrogen-bond donors (Lipinski definition) is 1. The largest absolute Gasteiger partial charge is 0.519 e. The van der Waals surface area contributed by atoms with E-state index >= 15 is 0 Å². The van der Waals surface area contributed by atoms with E-state index in [0.717, 1.165) is 25.7 Å². The Hall–Kier alpha value is -4.45. The Morgan fingerprint density at radius 2 is 1.98 bits per heavy atom. The zero-order valence-electron chi connectivity index (χ0n) is 23.4. The number of halogens is 1. The number of aromatic nitrogens is 4. The Labute approximate surface area is 244 Å². The lowest BCUT2D eigenvalue weighted by molar-refractivity contribution is -0.167. The molecule has 14 nitrogen and oxygen atoms in total. The van der Waals surface area contributed by atoms with Crippen LogP contribution in [0, 0.1) is 36.7 Å². The second-order valence-electron chi connectivity index (χ2n) is 11.4. The van der Waals surface area contributed by atoms with Gasteiger partial charge in [-0.1, -0.05) is 25.2 Å². The SMILES string of the molecule is C#C[C@]1(COC(=O)C2CC3(CCCCC3)C2)OCC(n2cnc3c(N)nc(F)nc32)[C@@H]1OC(=O)OCc1oc(=O)oc1C. The summed E-state index contributed by atoms with van der Waals surface area (Å²) >= 11 is 0. The number of imidazole rings is 1. The van der Waals surface area contributed by atoms with E-state index in [9.17, 15) is 18.8 Å². The van der Waals surface area contributed by atoms with Crippen molar-refractivity contribution in [1.29, 1.82) is 0 Å². The van der Waals surface area contributed by atoms with E-state index < -0.39 is 55.0 Å². The van der Waals surface area contributed by atoms with Crippen LogP contribution in [0.25, 0.3) is 11.2 Å². The van der Waals surface area contributed by atoms with Crippen molar-refractivity contribution in [3.05, 3.63) is 34.5 Å². The molecule has 228 valence electrons. The number of aryl methyl sites for hydroxylation is 1. The van der Waals surface area contributed by atoms with Crippen LogP contribution in [0.4, 0.5) is 15.0 Å². The first-order valence-electron chi connectivity index (χ1n) is 14.0. The van der Waals surface area contributed by atoms with Crippen LogP contribution in [0.3, 0.4) is 0 Å². The number of terminal acetylenes is 1. The molecule has 3 aromatic rings. The average molecular weight is 600 g/mol. The number of nitrogens with two attached hydrogens (primary N) is 1. The summed E-state index contributed by atoms with van der Waals surface area (Å²) in [4.78, 5) is 48.7. The highest BCUT2D eigenvalue weighted by Crippen LogP contribution is 2.55. The highest BCUT2D eigenvalue weighted by atomic mass is 19.1. The van der Waals surface area contributed by atoms with Crippen molar-refractivity contribution in [2.24, 2.45) is 11.3 Å². The van der Waals surface area contributed by atoms with Gasteiger partial charge in [0.25, 0.3) is 0 Å². The molecular formula is C28H30FN5O9. The van der Waals surface area contributed by atoms with Gasteiger partial charge in [0.1, 0.15) is 18.2 Å². The molecule has 43 heavy (non-hydrogen) atoms. The van der Waals surface area contributed by atoms with Crippen LogP contribution in [0.1, 0.15) is 62.5 Å². The lowest BCUT2D eigenvalue weighted by Crippen LogP contribution is -2.49. The molecule has 0 amide bonds. The second-order valence-corrected chi connectivity index (χ2v) is 11.4. The quantitative estimate of drug-likeness (QED) is 0.238. The molecule has 3 aromatic heterocycles. The Morgan fingerprint density at radius 1 is 1.21 bits per heavy atom. The van der Waals surface area contributed by atoms with Crippen LogP contribution >= 0.6 is 0 Å². The summed E-state index contributed by atoms with van der Waals surface area (Å²) in [6.45, 7) is 0.411. The molecule has 2 saturated carbocycles. The molecule has 0 radical (unpaired) electrons. The van der Waals surface area contributed by atoms with Gasteiger partial charge in [0.2, 0.25) is 5.60 Å². The highest BCUT2D eigenvalue weighted by Gasteiger charge is 2.55. The van der Waals surface area contributed by atoms with Gasteiger partial charge in [-0.3, -0.25) is 4.79 Å². The van der Waals surface area contributed by atoms with Crippen molar-refractivity contribution < 1.29 is 41.8 Å². The van der Waals surface area contributed by atoms with Crippen molar-refractivity contribution >= 4 is 29.1 Å². The first-order valence-corrected chi connectivity index (χ1v) is 14.0. The molecule has 2 N–H and O–H groups in total. The predicted octanol–water partition coefficient (Wildman–Crippen LogP) is 2.97. The van der Waals surface area contributed by atoms with Gasteiger partial charge < -0.3 is 38.1 Å². The third-order valence-corrected chi connectivity index (χ3v) is 8.76. The first-order chi connectivity index (χ1) is 20.6. The summed E-state index contributed by atoms with van der Waals surface area (Å²) in [6.07, 6.45) is 10.9. The number of hydrogen-bond acceptors (Lipinski definition) is 13. The molecule has 3 fully saturated rings. The summed E-state index contributed by atoms with van der Waals surface area (Å²) in [7, 11) is 0. The maximum absolute atomic E-state index is 14.1. The molecule has 3 atom stereocenters. The number of carbonyl (C=O) groups excluding carboxylic acids is 2. The number of rotatable bonds is 7. The normalized spacial score (nSPS) is 24.9. The smallest absolute Gasteiger partial charge is 0.461 e. The molecule has 0 aromatic carbocycles. The van der Waals surface area contributed by atoms with Crippen LogP contribution in [-0.2, 0) is 30.3 Å². The van der Waals surface area contributed by atoms with E-state index in [2.05, 4.69) is 20.9 Å². The fourth-order valence-electron chi connectivity index (χ4n) is 6.48. The van der Waals surface area contributed by atoms with Crippen molar-refractivity contribution in [3.8, 4) is 12.3 Å². The highest BCUT2D eigenvalue weighted by molar-refractivity contribution is 5.81. The van der Waals surface area contributed by atoms with Crippen molar-refractivity contribution in [2.45, 2.75) is 76.2 Å². The van der Waals surface area contributed by atoms with Crippen molar-refractivity contribution in [3.63, 3.8) is 0 Å². The molecule has 2 aliphatic carbocycles. The van der Waals surface area contributed by atoms with Crippen LogP contribution < -0.4 is 11.6 Å². The van der Waals surface area contributed by atoms with Crippen LogP contribution in [0.15, 0.2) is 20.0 Å². The monoisotopic (exact) mass is 599 g/mol. The van der Waals surface area contributed by atoms with Gasteiger partial charge >= 0.3 is 24.0 Å². The molecule has 4 heterocycles. The van der Waals surface area contributed by atoms with Crippen LogP contribution in [0.5, 0.6) is 0 Å². The minimum atomic E-state index is -1.74. The summed E-state index contributed by atoms with van der Waals surface area (Å²) < 4.78 is 47.6. The van der Waals surface area contributed by atoms with E-state index in [0.29, 0.717) is 0 Å². The van der Waals surface area contributed by atoms with Crippen molar-refractivity contribution in [2.75, 3.05) is 18.9 Å². The van der Waals surface area contributed by atoms with Gasteiger partial charge in [-0.15, -0.1) is 6.42 Å². The maximum atomic E-state index is 14.1. The molecule has 15 heteroatoms. The maximum Gasteiger partial charge on any atom is 0.519 e. The van der Waals surface area contributed by atoms with Gasteiger partial charge in [0, 0.05) is 0 Å². The number of nitrogen functional groups attached to an aromatic ring is 1. The predicted molar refractivity (Wildman–Crippen MR) is 142 cm³/mol. The minimum absolute atomic E-state index is 0.00780. The van der Waals surface area contributed by atoms with Gasteiger partial charge in [-0.25, -0.2) is 14.6 Å². The zero-order chi connectivity index (χ0) is 30.4. The van der Waals surface area contributed by atoms with Crippen LogP contribution in [-0.4, -0.2) is 56.6 Å². The average Bonchev–Trinajstić information content (AvgIpc) is 3.64. The molecular weight excluding hydrogens is 569 g/mol. The fraction of sp³-hybridized carbons (Fsp3) is 0.571. The molecule has 1 unspecified atom stereocenters. The lowest BCUT2D eigenvalue weighted by atomic mass is 9.56. The topological polar surface area (TPSA) is 184 Å². The van der Waals surface area contributed by atoms with Crippen LogP contribution in [0.2, 0.25) is 0 Å². The Bertz CT molecular complexity index is 1640. The van der Waals surface area contributed by atoms with E-state index in [1.165, 1.54) is 37.1 Å². The van der Waals surface area contributed by atoms with Gasteiger partial charge in [0.05, 0.1) is 18.9 Å². The van der Waals surface area contributed by atoms with E-state index in [4.69, 9.17) is 39.9 Å². The Balaban J connectivity index is 1.22. The minimum Gasteiger partial charge on any atom is -0.461 e. The molecule has 3 aliphatic rings. The summed E-state index contributed by atoms with van der Waals surface area (Å²) in [5, 5.41) is 0. The molecule has 1 saturated heterocycles. The van der Waals surface area contributed by atoms with Gasteiger partial charge in [-0.05, 0) is 38.0 Å². The molecule has 1 spiro atoms. The number of carbonyl (C=O) groups is 2. The number of fused-ring (bicyclic) bond motifs is 1. The summed E-state index contributed by atoms with van der Waals surface area (Å²) in [6, 6.07) is -0.913. The third kappa shape index (κ3) is 5.31. The summed E-state index contributed by atoms with van der Waals surface area (Å²) in [5.41, 5.74) is 4.41. The first kappa shape index (κ1) is 28.7. The van der Waals surface area contributed by atoms with E-state index in [1.54, 1.807) is 0 Å². The van der Waals surface area contributed by atoms with E-state index in [-0.39, 0.29) is 46.4 Å². The van der Waals surface area contributed by atoms with E-state index in [1.807, 2.05) is 0 Å². The Kier molecular flexibility index (Phi) is 7.33. The molecule has 6 rings (SSSR count). The Morgan fingerprint density at radius 3 is 2.67 bits per heavy atom. The van der Waals surface area contributed by atoms with Crippen molar-refractivity contribution in [1.82, 2.24) is 19.5 Å². The van der Waals surface area contributed by atoms with Gasteiger partial charge in [0.15, 0.2) is 35.7 Å². The zero-order valence-corrected chi connectivity index (χ0v) is 23.4. The summed E-state index contributed by atoms with van der Waals surface area (Å²) in [5.74, 6) is 0.808. The second kappa shape index (κ2) is 11.0. The number of ether oxygens (including phenoxy) is 4. The molecule has 1 aliphatic heterocycles. The fourth-order valence-corrected chi connectivity index (χ4v) is 6.48. The third-order valence-electron chi connectivity index (χ3n) is 8.76. The lowest BCUT2D eigenvalue weighted by Gasteiger charge is -2.49. The number of anilines is 1. The number of esters is 1.